The van der Waals surface area contributed by atoms with Crippen molar-refractivity contribution in [1.29, 1.82) is 5.26 Å². The highest BCUT2D eigenvalue weighted by Gasteiger charge is 2.58. The molecule has 0 saturated carbocycles. The number of nitrogens with zero attached hydrogens (tertiary/aromatic N) is 3. The molecule has 1 atom stereocenters. The predicted molar refractivity (Wildman–Crippen MR) is 117 cm³/mol. The summed E-state index contributed by atoms with van der Waals surface area (Å²) in [7, 11) is 1.33. The first-order chi connectivity index (χ1) is 17.2. The number of hydrogen-bond donors (Lipinski definition) is 0. The summed E-state index contributed by atoms with van der Waals surface area (Å²) in [6.45, 7) is 1.41. The predicted octanol–water partition coefficient (Wildman–Crippen LogP) is 4.83. The van der Waals surface area contributed by atoms with Gasteiger partial charge in [-0.3, -0.25) is 9.59 Å². The van der Waals surface area contributed by atoms with Crippen LogP contribution in [0.15, 0.2) is 42.5 Å². The number of Topliss-reactive ketones (excluding diaryl/α,β-unsaturated/α-hetero) is 1. The Morgan fingerprint density at radius 3 is 2.16 bits per heavy atom. The van der Waals surface area contributed by atoms with E-state index in [1.165, 1.54) is 44.3 Å². The summed E-state index contributed by atoms with van der Waals surface area (Å²) in [4.78, 5) is 40.2. The summed E-state index contributed by atoms with van der Waals surface area (Å²) in [5.74, 6) is -7.67. The van der Waals surface area contributed by atoms with Gasteiger partial charge in [0, 0.05) is 19.0 Å². The monoisotopic (exact) mass is 543 g/mol. The number of halogens is 6. The second kappa shape index (κ2) is 9.78. The van der Waals surface area contributed by atoms with Crippen LogP contribution in [0.25, 0.3) is 11.0 Å². The van der Waals surface area contributed by atoms with Gasteiger partial charge in [-0.15, -0.1) is 0 Å². The van der Waals surface area contributed by atoms with Gasteiger partial charge in [0.05, 0.1) is 11.0 Å². The molecule has 2 aromatic carbocycles. The van der Waals surface area contributed by atoms with Gasteiger partial charge < -0.3 is 14.0 Å². The largest absolute Gasteiger partial charge is 0.458 e. The Bertz CT molecular complexity index is 1430. The van der Waals surface area contributed by atoms with Crippen LogP contribution in [0.3, 0.4) is 0 Å². The van der Waals surface area contributed by atoms with E-state index in [0.717, 1.165) is 10.6 Å². The number of carbonyl (C=O) groups excluding carboxylic acids is 3. The van der Waals surface area contributed by atoms with Crippen molar-refractivity contribution in [2.24, 2.45) is 7.05 Å². The Hall–Kier alpha value is -4.05. The minimum Gasteiger partial charge on any atom is -0.457 e. The first-order valence-corrected chi connectivity index (χ1v) is 10.6. The number of hydrogen-bond acceptors (Lipinski definition) is 7. The number of aromatic nitrogens is 2. The van der Waals surface area contributed by atoms with Crippen molar-refractivity contribution in [2.75, 3.05) is 0 Å². The average Bonchev–Trinajstić information content (AvgIpc) is 3.18. The number of nitriles is 1. The average molecular weight is 544 g/mol. The van der Waals surface area contributed by atoms with Crippen molar-refractivity contribution in [3.63, 3.8) is 0 Å². The molecule has 0 N–H and O–H groups in total. The van der Waals surface area contributed by atoms with E-state index >= 15 is 0 Å². The number of carbonyl (C=O) groups is 3. The highest BCUT2D eigenvalue weighted by atomic mass is 35.5. The molecular weight excluding hydrogens is 529 g/mol. The number of ketones is 1. The Morgan fingerprint density at radius 1 is 1.05 bits per heavy atom. The molecule has 0 aliphatic carbocycles. The van der Waals surface area contributed by atoms with Gasteiger partial charge in [0.2, 0.25) is 5.82 Å². The fraction of sp³-hybridized carbons (Fsp3) is 0.261. The summed E-state index contributed by atoms with van der Waals surface area (Å²) in [6.07, 6.45) is -6.03. The van der Waals surface area contributed by atoms with Crippen molar-refractivity contribution >= 4 is 39.6 Å². The molecule has 1 unspecified atom stereocenters. The van der Waals surface area contributed by atoms with E-state index in [1.54, 1.807) is 0 Å². The molecule has 3 rings (SSSR count). The molecule has 0 aliphatic heterocycles. The SMILES string of the molecule is CCC(=O)C(C#N)(Oc1ccc(OC(=O)c2nc3cc(C(F)(F)C(F)(F)F)ccc3n2C)cc1)C(=O)Cl. The van der Waals surface area contributed by atoms with Gasteiger partial charge in [0.1, 0.15) is 17.6 Å². The van der Waals surface area contributed by atoms with Crippen LogP contribution in [0, 0.1) is 11.3 Å². The summed E-state index contributed by atoms with van der Waals surface area (Å²) < 4.78 is 77.0. The molecule has 0 fully saturated rings. The van der Waals surface area contributed by atoms with Crippen molar-refractivity contribution in [3.8, 4) is 17.6 Å². The molecular formula is C23H15ClF5N3O5. The molecule has 0 amide bonds. The summed E-state index contributed by atoms with van der Waals surface area (Å²) in [5.41, 5.74) is -4.11. The second-order valence-corrected chi connectivity index (χ2v) is 7.92. The lowest BCUT2D eigenvalue weighted by atomic mass is 9.99. The van der Waals surface area contributed by atoms with E-state index in [0.29, 0.717) is 12.1 Å². The minimum absolute atomic E-state index is 0.0877. The highest BCUT2D eigenvalue weighted by Crippen LogP contribution is 2.44. The fourth-order valence-electron chi connectivity index (χ4n) is 3.23. The number of ether oxygens (including phenoxy) is 2. The molecule has 194 valence electrons. The first kappa shape index (κ1) is 27.5. The molecule has 0 radical (unpaired) electrons. The molecule has 1 aromatic heterocycles. The molecule has 14 heteroatoms. The van der Waals surface area contributed by atoms with Gasteiger partial charge >= 0.3 is 23.7 Å². The van der Waals surface area contributed by atoms with E-state index in [9.17, 15) is 41.6 Å². The lowest BCUT2D eigenvalue weighted by molar-refractivity contribution is -0.289. The zero-order chi connectivity index (χ0) is 27.8. The maximum Gasteiger partial charge on any atom is 0.458 e. The quantitative estimate of drug-likeness (QED) is 0.131. The number of fused-ring (bicyclic) bond motifs is 1. The summed E-state index contributed by atoms with van der Waals surface area (Å²) >= 11 is 5.41. The van der Waals surface area contributed by atoms with Crippen molar-refractivity contribution < 1.29 is 45.8 Å². The van der Waals surface area contributed by atoms with Crippen LogP contribution in [0.4, 0.5) is 22.0 Å². The maximum absolute atomic E-state index is 13.7. The minimum atomic E-state index is -5.82. The van der Waals surface area contributed by atoms with E-state index < -0.39 is 46.1 Å². The lowest BCUT2D eigenvalue weighted by Gasteiger charge is -2.22. The molecule has 0 aliphatic rings. The Balaban J connectivity index is 1.84. The molecule has 0 bridgehead atoms. The Kier molecular flexibility index (Phi) is 7.28. The third-order valence-electron chi connectivity index (χ3n) is 5.24. The van der Waals surface area contributed by atoms with Crippen LogP contribution < -0.4 is 9.47 Å². The van der Waals surface area contributed by atoms with Gasteiger partial charge in [0.25, 0.3) is 5.24 Å². The lowest BCUT2D eigenvalue weighted by Crippen LogP contribution is -2.48. The van der Waals surface area contributed by atoms with Crippen LogP contribution in [0.5, 0.6) is 11.5 Å². The van der Waals surface area contributed by atoms with Crippen molar-refractivity contribution in [3.05, 3.63) is 53.9 Å². The van der Waals surface area contributed by atoms with Crippen LogP contribution in [-0.4, -0.2) is 38.3 Å². The third-order valence-corrected chi connectivity index (χ3v) is 5.50. The number of esters is 1. The fourth-order valence-corrected chi connectivity index (χ4v) is 3.42. The van der Waals surface area contributed by atoms with Crippen LogP contribution in [0.1, 0.15) is 29.5 Å². The highest BCUT2D eigenvalue weighted by molar-refractivity contribution is 6.68. The van der Waals surface area contributed by atoms with E-state index in [4.69, 9.17) is 21.1 Å². The molecule has 0 saturated heterocycles. The molecule has 3 aromatic rings. The normalized spacial score (nSPS) is 13.5. The third kappa shape index (κ3) is 4.97. The molecule has 0 spiro atoms. The molecule has 1 heterocycles. The van der Waals surface area contributed by atoms with Crippen LogP contribution in [-0.2, 0) is 22.6 Å². The Labute approximate surface area is 210 Å². The number of alkyl halides is 5. The number of aryl methyl sites for hydroxylation is 1. The van der Waals surface area contributed by atoms with Gasteiger partial charge in [-0.25, -0.2) is 9.78 Å². The zero-order valence-electron chi connectivity index (χ0n) is 18.9. The number of imidazole rings is 1. The zero-order valence-corrected chi connectivity index (χ0v) is 19.7. The van der Waals surface area contributed by atoms with Crippen molar-refractivity contribution in [1.82, 2.24) is 9.55 Å². The van der Waals surface area contributed by atoms with Crippen molar-refractivity contribution in [2.45, 2.75) is 31.0 Å². The van der Waals surface area contributed by atoms with E-state index in [2.05, 4.69) is 4.98 Å². The van der Waals surface area contributed by atoms with Gasteiger partial charge in [0.15, 0.2) is 5.78 Å². The van der Waals surface area contributed by atoms with E-state index in [1.807, 2.05) is 0 Å². The summed E-state index contributed by atoms with van der Waals surface area (Å²) in [6, 6.07) is 8.29. The Morgan fingerprint density at radius 2 is 1.65 bits per heavy atom. The number of benzene rings is 2. The molecule has 8 nitrogen and oxygen atoms in total. The maximum atomic E-state index is 13.7. The molecule has 37 heavy (non-hydrogen) atoms. The number of rotatable bonds is 8. The summed E-state index contributed by atoms with van der Waals surface area (Å²) in [5, 5.41) is 7.98. The topological polar surface area (TPSA) is 111 Å². The van der Waals surface area contributed by atoms with Gasteiger partial charge in [-0.05, 0) is 48.0 Å². The first-order valence-electron chi connectivity index (χ1n) is 10.2. The van der Waals surface area contributed by atoms with Crippen LogP contribution >= 0.6 is 11.6 Å². The smallest absolute Gasteiger partial charge is 0.457 e. The van der Waals surface area contributed by atoms with Gasteiger partial charge in [-0.1, -0.05) is 13.0 Å². The second-order valence-electron chi connectivity index (χ2n) is 7.58. The standard InChI is InChI=1S/C23H15ClF5N3O5/c1-3-17(33)21(11-30,20(24)35)37-14-7-5-13(6-8-14)36-19(34)18-31-15-10-12(4-9-16(15)32(18)2)22(25,26)23(27,28)29/h4-10H,3H2,1-2H3. The van der Waals surface area contributed by atoms with E-state index in [-0.39, 0.29) is 29.0 Å². The van der Waals surface area contributed by atoms with Crippen LogP contribution in [0.2, 0.25) is 0 Å². The van der Waals surface area contributed by atoms with Gasteiger partial charge in [-0.2, -0.15) is 27.2 Å².